The van der Waals surface area contributed by atoms with E-state index in [1.165, 1.54) is 12.8 Å². The average Bonchev–Trinajstić information content (AvgIpc) is 2.95. The number of nitrogens with one attached hydrogen (secondary N) is 1. The van der Waals surface area contributed by atoms with Crippen LogP contribution in [0.3, 0.4) is 0 Å². The van der Waals surface area contributed by atoms with Crippen LogP contribution < -0.4 is 10.1 Å². The van der Waals surface area contributed by atoms with Gasteiger partial charge in [-0.15, -0.1) is 0 Å². The van der Waals surface area contributed by atoms with Gasteiger partial charge in [0.15, 0.2) is 11.3 Å². The first kappa shape index (κ1) is 11.6. The van der Waals surface area contributed by atoms with Crippen LogP contribution in [-0.4, -0.2) is 13.7 Å². The molecule has 1 aromatic carbocycles. The second-order valence-corrected chi connectivity index (χ2v) is 5.51. The molecule has 2 aromatic rings. The normalized spacial score (nSPS) is 17.0. The molecule has 1 aliphatic rings. The Bertz CT molecular complexity index is 555. The Balaban J connectivity index is 1.72. The van der Waals surface area contributed by atoms with Crippen LogP contribution in [-0.2, 0) is 6.54 Å². The molecule has 0 unspecified atom stereocenters. The minimum absolute atomic E-state index is 0.531. The van der Waals surface area contributed by atoms with E-state index in [-0.39, 0.29) is 0 Å². The molecule has 1 fully saturated rings. The third-order valence-corrected chi connectivity index (χ3v) is 3.73. The first-order valence-electron chi connectivity index (χ1n) is 6.46. The summed E-state index contributed by atoms with van der Waals surface area (Å²) in [7, 11) is 1.67. The molecule has 0 amide bonds. The molecule has 1 aliphatic carbocycles. The summed E-state index contributed by atoms with van der Waals surface area (Å²) >= 11 is 0. The monoisotopic (exact) mass is 245 g/mol. The van der Waals surface area contributed by atoms with Crippen molar-refractivity contribution >= 4 is 11.0 Å². The zero-order valence-corrected chi connectivity index (χ0v) is 11.0. The highest BCUT2D eigenvalue weighted by molar-refractivity contribution is 5.83. The van der Waals surface area contributed by atoms with Crippen LogP contribution in [0.4, 0.5) is 0 Å². The van der Waals surface area contributed by atoms with Gasteiger partial charge in [-0.1, -0.05) is 19.1 Å². The molecule has 3 rings (SSSR count). The van der Waals surface area contributed by atoms with Gasteiger partial charge in [-0.25, -0.2) is 0 Å². The smallest absolute Gasteiger partial charge is 0.176 e. The van der Waals surface area contributed by atoms with Crippen LogP contribution in [0, 0.1) is 5.41 Å². The number of rotatable bonds is 5. The molecule has 1 N–H and O–H groups in total. The van der Waals surface area contributed by atoms with Crippen molar-refractivity contribution in [2.24, 2.45) is 5.41 Å². The van der Waals surface area contributed by atoms with Gasteiger partial charge in [0.1, 0.15) is 5.76 Å². The summed E-state index contributed by atoms with van der Waals surface area (Å²) in [5.74, 6) is 1.77. The predicted molar refractivity (Wildman–Crippen MR) is 71.8 cm³/mol. The molecule has 96 valence electrons. The largest absolute Gasteiger partial charge is 0.493 e. The average molecular weight is 245 g/mol. The highest BCUT2D eigenvalue weighted by Gasteiger charge is 2.36. The van der Waals surface area contributed by atoms with E-state index in [2.05, 4.69) is 18.3 Å². The number of fused-ring (bicyclic) bond motifs is 1. The van der Waals surface area contributed by atoms with Gasteiger partial charge in [-0.2, -0.15) is 0 Å². The van der Waals surface area contributed by atoms with E-state index in [9.17, 15) is 0 Å². The molecule has 0 atom stereocenters. The van der Waals surface area contributed by atoms with Crippen molar-refractivity contribution in [3.63, 3.8) is 0 Å². The molecule has 1 saturated carbocycles. The molecule has 1 aromatic heterocycles. The van der Waals surface area contributed by atoms with E-state index >= 15 is 0 Å². The first-order valence-corrected chi connectivity index (χ1v) is 6.46. The van der Waals surface area contributed by atoms with Gasteiger partial charge in [0.2, 0.25) is 0 Å². The van der Waals surface area contributed by atoms with Crippen LogP contribution in [0.2, 0.25) is 0 Å². The predicted octanol–water partition coefficient (Wildman–Crippen LogP) is 3.33. The van der Waals surface area contributed by atoms with Crippen molar-refractivity contribution < 1.29 is 9.15 Å². The zero-order valence-electron chi connectivity index (χ0n) is 11.0. The maximum atomic E-state index is 5.84. The second-order valence-electron chi connectivity index (χ2n) is 5.51. The van der Waals surface area contributed by atoms with Crippen LogP contribution in [0.5, 0.6) is 5.75 Å². The van der Waals surface area contributed by atoms with E-state index < -0.39 is 0 Å². The molecule has 0 saturated heterocycles. The molecular weight excluding hydrogens is 226 g/mol. The Morgan fingerprint density at radius 1 is 1.39 bits per heavy atom. The van der Waals surface area contributed by atoms with Crippen LogP contribution in [0.15, 0.2) is 28.7 Å². The van der Waals surface area contributed by atoms with Gasteiger partial charge in [-0.05, 0) is 30.4 Å². The number of benzene rings is 1. The fourth-order valence-corrected chi connectivity index (χ4v) is 2.22. The van der Waals surface area contributed by atoms with E-state index in [1.807, 2.05) is 18.2 Å². The van der Waals surface area contributed by atoms with Crippen molar-refractivity contribution in [2.75, 3.05) is 13.7 Å². The summed E-state index contributed by atoms with van der Waals surface area (Å²) in [6, 6.07) is 8.04. The first-order chi connectivity index (χ1) is 8.70. The van der Waals surface area contributed by atoms with Gasteiger partial charge in [0.25, 0.3) is 0 Å². The number of methoxy groups -OCH3 is 1. The molecule has 0 aliphatic heterocycles. The molecule has 3 nitrogen and oxygen atoms in total. The Morgan fingerprint density at radius 3 is 2.94 bits per heavy atom. The topological polar surface area (TPSA) is 34.4 Å². The van der Waals surface area contributed by atoms with Crippen molar-refractivity contribution in [1.29, 1.82) is 0 Å². The summed E-state index contributed by atoms with van der Waals surface area (Å²) < 4.78 is 11.1. The molecule has 3 heteroatoms. The van der Waals surface area contributed by atoms with Crippen molar-refractivity contribution in [2.45, 2.75) is 26.3 Å². The summed E-state index contributed by atoms with van der Waals surface area (Å²) in [4.78, 5) is 0. The quantitative estimate of drug-likeness (QED) is 0.877. The fraction of sp³-hybridized carbons (Fsp3) is 0.467. The highest BCUT2D eigenvalue weighted by atomic mass is 16.5. The Hall–Kier alpha value is -1.48. The van der Waals surface area contributed by atoms with E-state index in [4.69, 9.17) is 9.15 Å². The number of ether oxygens (including phenoxy) is 1. The Labute approximate surface area is 107 Å². The van der Waals surface area contributed by atoms with Gasteiger partial charge in [0.05, 0.1) is 13.7 Å². The van der Waals surface area contributed by atoms with Crippen molar-refractivity contribution in [3.8, 4) is 5.75 Å². The summed E-state index contributed by atoms with van der Waals surface area (Å²) in [6.45, 7) is 4.18. The Morgan fingerprint density at radius 2 is 2.22 bits per heavy atom. The second kappa shape index (κ2) is 4.32. The minimum Gasteiger partial charge on any atom is -0.493 e. The van der Waals surface area contributed by atoms with Gasteiger partial charge < -0.3 is 14.5 Å². The van der Waals surface area contributed by atoms with Crippen molar-refractivity contribution in [3.05, 3.63) is 30.0 Å². The molecule has 0 radical (unpaired) electrons. The fourth-order valence-electron chi connectivity index (χ4n) is 2.22. The molecule has 0 spiro atoms. The van der Waals surface area contributed by atoms with Gasteiger partial charge >= 0.3 is 0 Å². The number of hydrogen-bond acceptors (Lipinski definition) is 3. The standard InChI is InChI=1S/C15H19NO2/c1-15(6-7-15)10-16-9-12-8-11-4-3-5-13(17-2)14(11)18-12/h3-5,8,16H,6-7,9-10H2,1-2H3. The number of para-hydroxylation sites is 1. The lowest BCUT2D eigenvalue weighted by atomic mass is 10.1. The van der Waals surface area contributed by atoms with Gasteiger partial charge in [-0.3, -0.25) is 0 Å². The lowest BCUT2D eigenvalue weighted by molar-refractivity contribution is 0.404. The molecule has 18 heavy (non-hydrogen) atoms. The molecular formula is C15H19NO2. The highest BCUT2D eigenvalue weighted by Crippen LogP contribution is 2.44. The molecule has 1 heterocycles. The third-order valence-electron chi connectivity index (χ3n) is 3.73. The van der Waals surface area contributed by atoms with E-state index in [0.29, 0.717) is 5.41 Å². The summed E-state index contributed by atoms with van der Waals surface area (Å²) in [5, 5.41) is 4.57. The number of hydrogen-bond donors (Lipinski definition) is 1. The summed E-state index contributed by atoms with van der Waals surface area (Å²) in [6.07, 6.45) is 2.68. The third kappa shape index (κ3) is 2.23. The lowest BCUT2D eigenvalue weighted by Gasteiger charge is -2.07. The van der Waals surface area contributed by atoms with Gasteiger partial charge in [0, 0.05) is 11.9 Å². The Kier molecular flexibility index (Phi) is 2.78. The van der Waals surface area contributed by atoms with E-state index in [0.717, 1.165) is 35.6 Å². The number of furan rings is 1. The maximum Gasteiger partial charge on any atom is 0.176 e. The molecule has 0 bridgehead atoms. The zero-order chi connectivity index (χ0) is 12.6. The maximum absolute atomic E-state index is 5.84. The SMILES string of the molecule is COc1cccc2cc(CNCC3(C)CC3)oc12. The van der Waals surface area contributed by atoms with Crippen LogP contribution in [0.1, 0.15) is 25.5 Å². The van der Waals surface area contributed by atoms with E-state index in [1.54, 1.807) is 7.11 Å². The minimum atomic E-state index is 0.531. The van der Waals surface area contributed by atoms with Crippen LogP contribution >= 0.6 is 0 Å². The summed E-state index contributed by atoms with van der Waals surface area (Å²) in [5.41, 5.74) is 1.37. The lowest BCUT2D eigenvalue weighted by Crippen LogP contribution is -2.21. The van der Waals surface area contributed by atoms with Crippen molar-refractivity contribution in [1.82, 2.24) is 5.32 Å². The van der Waals surface area contributed by atoms with Crippen LogP contribution in [0.25, 0.3) is 11.0 Å².